The Morgan fingerprint density at radius 1 is 1.08 bits per heavy atom. The molecule has 0 N–H and O–H groups in total. The molecule has 0 spiro atoms. The number of benzene rings is 1. The van der Waals surface area contributed by atoms with Crippen molar-refractivity contribution in [1.29, 1.82) is 0 Å². The maximum atomic E-state index is 5.60. The van der Waals surface area contributed by atoms with E-state index in [9.17, 15) is 0 Å². The van der Waals surface area contributed by atoms with E-state index in [0.717, 1.165) is 17.0 Å². The van der Waals surface area contributed by atoms with Gasteiger partial charge in [-0.15, -0.1) is 5.10 Å². The minimum atomic E-state index is -0.0151. The summed E-state index contributed by atoms with van der Waals surface area (Å²) >= 11 is 0. The van der Waals surface area contributed by atoms with Crippen LogP contribution in [0.25, 0.3) is 0 Å². The quantitative estimate of drug-likeness (QED) is 0.522. The molecule has 3 aromatic rings. The second-order valence-corrected chi connectivity index (χ2v) is 6.97. The van der Waals surface area contributed by atoms with Crippen LogP contribution in [-0.4, -0.2) is 30.9 Å². The Morgan fingerprint density at radius 2 is 1.85 bits per heavy atom. The number of tetrazole rings is 1. The van der Waals surface area contributed by atoms with Crippen molar-refractivity contribution in [3.8, 4) is 0 Å². The van der Waals surface area contributed by atoms with E-state index in [4.69, 9.17) is 4.84 Å². The van der Waals surface area contributed by atoms with Crippen LogP contribution in [0.5, 0.6) is 0 Å². The lowest BCUT2D eigenvalue weighted by Crippen LogP contribution is -2.14. The third kappa shape index (κ3) is 4.11. The second kappa shape index (κ2) is 7.43. The number of hydrogen-bond acceptors (Lipinski definition) is 6. The van der Waals surface area contributed by atoms with Crippen molar-refractivity contribution < 1.29 is 4.84 Å². The molecule has 1 aromatic carbocycles. The van der Waals surface area contributed by atoms with Crippen LogP contribution in [0.3, 0.4) is 0 Å². The van der Waals surface area contributed by atoms with Crippen molar-refractivity contribution in [2.45, 2.75) is 32.8 Å². The van der Waals surface area contributed by atoms with Crippen LogP contribution >= 0.6 is 0 Å². The first-order chi connectivity index (χ1) is 12.4. The zero-order chi connectivity index (χ0) is 18.6. The Kier molecular flexibility index (Phi) is 5.06. The van der Waals surface area contributed by atoms with E-state index in [1.807, 2.05) is 48.5 Å². The molecule has 3 rings (SSSR count). The van der Waals surface area contributed by atoms with Gasteiger partial charge in [-0.05, 0) is 22.6 Å². The molecule has 134 valence electrons. The number of aryl methyl sites for hydroxylation is 1. The van der Waals surface area contributed by atoms with Crippen molar-refractivity contribution in [1.82, 2.24) is 25.2 Å². The highest BCUT2D eigenvalue weighted by Gasteiger charge is 2.16. The molecule has 2 aromatic heterocycles. The fourth-order valence-corrected chi connectivity index (χ4v) is 2.39. The van der Waals surface area contributed by atoms with Gasteiger partial charge in [-0.25, -0.2) is 4.68 Å². The van der Waals surface area contributed by atoms with Gasteiger partial charge >= 0.3 is 0 Å². The molecule has 0 aliphatic heterocycles. The van der Waals surface area contributed by atoms with E-state index < -0.39 is 0 Å². The summed E-state index contributed by atoms with van der Waals surface area (Å²) in [5.41, 5.74) is 3.28. The van der Waals surface area contributed by atoms with Crippen LogP contribution in [0.4, 0.5) is 0 Å². The third-order valence-electron chi connectivity index (χ3n) is 3.82. The van der Waals surface area contributed by atoms with E-state index in [-0.39, 0.29) is 12.0 Å². The molecule has 7 nitrogen and oxygen atoms in total. The topological polar surface area (TPSA) is 78.1 Å². The molecular weight excluding hydrogens is 328 g/mol. The van der Waals surface area contributed by atoms with Gasteiger partial charge in [0.05, 0.1) is 5.69 Å². The van der Waals surface area contributed by atoms with Gasteiger partial charge in [-0.2, -0.15) is 0 Å². The predicted octanol–water partition coefficient (Wildman–Crippen LogP) is 2.87. The molecular formula is C19H22N6O. The average Bonchev–Trinajstić information content (AvgIpc) is 3.05. The second-order valence-electron chi connectivity index (χ2n) is 6.97. The summed E-state index contributed by atoms with van der Waals surface area (Å²) in [6.45, 7) is 6.66. The largest absolute Gasteiger partial charge is 0.389 e. The lowest BCUT2D eigenvalue weighted by Gasteiger charge is -2.18. The van der Waals surface area contributed by atoms with E-state index in [1.54, 1.807) is 11.7 Å². The van der Waals surface area contributed by atoms with Crippen molar-refractivity contribution in [3.63, 3.8) is 0 Å². The molecule has 0 atom stereocenters. The number of oxime groups is 1. The van der Waals surface area contributed by atoms with E-state index in [0.29, 0.717) is 11.5 Å². The molecule has 0 aliphatic carbocycles. The first-order valence-electron chi connectivity index (χ1n) is 8.39. The highest BCUT2D eigenvalue weighted by atomic mass is 16.6. The van der Waals surface area contributed by atoms with E-state index in [2.05, 4.69) is 46.4 Å². The molecule has 0 fully saturated rings. The standard InChI is InChI=1S/C19H22N6O/c1-19(2,3)16-12-8-11-15(20-16)13-26-22-17(14-9-6-5-7-10-14)18-21-23-24-25(18)4/h5-12H,13H2,1-4H3. The zero-order valence-electron chi connectivity index (χ0n) is 15.4. The summed E-state index contributed by atoms with van der Waals surface area (Å²) in [7, 11) is 1.77. The summed E-state index contributed by atoms with van der Waals surface area (Å²) in [5.74, 6) is 0.535. The number of nitrogens with zero attached hydrogens (tertiary/aromatic N) is 6. The number of aromatic nitrogens is 5. The summed E-state index contributed by atoms with van der Waals surface area (Å²) in [5, 5.41) is 15.9. The minimum absolute atomic E-state index is 0.0151. The van der Waals surface area contributed by atoms with Gasteiger partial charge in [0.25, 0.3) is 0 Å². The molecule has 26 heavy (non-hydrogen) atoms. The Balaban J connectivity index is 1.83. The van der Waals surface area contributed by atoms with Gasteiger partial charge in [0.2, 0.25) is 5.82 Å². The Labute approximate surface area is 152 Å². The summed E-state index contributed by atoms with van der Waals surface area (Å²) in [4.78, 5) is 10.3. The first kappa shape index (κ1) is 17.7. The van der Waals surface area contributed by atoms with Gasteiger partial charge in [-0.3, -0.25) is 4.98 Å². The van der Waals surface area contributed by atoms with Crippen molar-refractivity contribution in [3.05, 3.63) is 71.3 Å². The molecule has 0 saturated heterocycles. The van der Waals surface area contributed by atoms with Gasteiger partial charge in [0.1, 0.15) is 0 Å². The number of rotatable bonds is 5. The van der Waals surface area contributed by atoms with Gasteiger partial charge in [0.15, 0.2) is 12.3 Å². The van der Waals surface area contributed by atoms with E-state index in [1.165, 1.54) is 0 Å². The molecule has 2 heterocycles. The molecule has 0 bridgehead atoms. The maximum absolute atomic E-state index is 5.60. The third-order valence-corrected chi connectivity index (χ3v) is 3.82. The molecule has 7 heteroatoms. The molecule has 0 unspecified atom stereocenters. The van der Waals surface area contributed by atoms with E-state index >= 15 is 0 Å². The number of pyridine rings is 1. The van der Waals surface area contributed by atoms with Crippen LogP contribution in [0.1, 0.15) is 43.5 Å². The first-order valence-corrected chi connectivity index (χ1v) is 8.39. The minimum Gasteiger partial charge on any atom is -0.389 e. The lowest BCUT2D eigenvalue weighted by molar-refractivity contribution is 0.127. The Hall–Kier alpha value is -3.09. The molecule has 0 amide bonds. The van der Waals surface area contributed by atoms with Gasteiger partial charge in [0, 0.05) is 23.7 Å². The van der Waals surface area contributed by atoms with Gasteiger partial charge in [-0.1, -0.05) is 62.3 Å². The van der Waals surface area contributed by atoms with Crippen LogP contribution < -0.4 is 0 Å². The van der Waals surface area contributed by atoms with Crippen molar-refractivity contribution >= 4 is 5.71 Å². The van der Waals surface area contributed by atoms with Crippen molar-refractivity contribution in [2.75, 3.05) is 0 Å². The summed E-state index contributed by atoms with van der Waals surface area (Å²) < 4.78 is 1.56. The van der Waals surface area contributed by atoms with Crippen LogP contribution in [0.2, 0.25) is 0 Å². The predicted molar refractivity (Wildman–Crippen MR) is 98.6 cm³/mol. The van der Waals surface area contributed by atoms with Crippen LogP contribution in [0.15, 0.2) is 53.7 Å². The highest BCUT2D eigenvalue weighted by molar-refractivity contribution is 6.10. The maximum Gasteiger partial charge on any atom is 0.204 e. The number of hydrogen-bond donors (Lipinski definition) is 0. The highest BCUT2D eigenvalue weighted by Crippen LogP contribution is 2.20. The van der Waals surface area contributed by atoms with Gasteiger partial charge < -0.3 is 4.84 Å². The fraction of sp³-hybridized carbons (Fsp3) is 0.316. The van der Waals surface area contributed by atoms with Crippen LogP contribution in [-0.2, 0) is 23.9 Å². The summed E-state index contributed by atoms with van der Waals surface area (Å²) in [6.07, 6.45) is 0. The normalized spacial score (nSPS) is 12.2. The lowest BCUT2D eigenvalue weighted by atomic mass is 9.91. The Morgan fingerprint density at radius 3 is 2.50 bits per heavy atom. The SMILES string of the molecule is Cn1nnnc1C(=NOCc1cccc(C(C)(C)C)n1)c1ccccc1. The molecule has 0 aliphatic rings. The zero-order valence-corrected chi connectivity index (χ0v) is 15.4. The van der Waals surface area contributed by atoms with Crippen LogP contribution in [0, 0.1) is 0 Å². The summed E-state index contributed by atoms with van der Waals surface area (Å²) in [6, 6.07) is 15.6. The monoisotopic (exact) mass is 350 g/mol. The average molecular weight is 350 g/mol. The molecule has 0 radical (unpaired) electrons. The smallest absolute Gasteiger partial charge is 0.204 e. The van der Waals surface area contributed by atoms with Crippen molar-refractivity contribution in [2.24, 2.45) is 12.2 Å². The molecule has 0 saturated carbocycles. The Bertz CT molecular complexity index is 896. The fourth-order valence-electron chi connectivity index (χ4n) is 2.39.